The molecule has 0 bridgehead atoms. The fourth-order valence-corrected chi connectivity index (χ4v) is 1.70. The molecule has 0 saturated carbocycles. The molecule has 2 aromatic rings. The predicted octanol–water partition coefficient (Wildman–Crippen LogP) is 1.20. The highest BCUT2D eigenvalue weighted by Crippen LogP contribution is 2.22. The van der Waals surface area contributed by atoms with Gasteiger partial charge in [0.15, 0.2) is 0 Å². The zero-order valence-electron chi connectivity index (χ0n) is 7.45. The van der Waals surface area contributed by atoms with Crippen molar-refractivity contribution in [3.63, 3.8) is 0 Å². The van der Waals surface area contributed by atoms with E-state index in [9.17, 15) is 9.90 Å². The number of aryl methyl sites for hydroxylation is 1. The van der Waals surface area contributed by atoms with Gasteiger partial charge < -0.3 is 14.5 Å². The molecule has 1 aromatic carbocycles. The molecule has 0 amide bonds. The first-order valence-corrected chi connectivity index (χ1v) is 4.44. The van der Waals surface area contributed by atoms with Crippen LogP contribution in [0.3, 0.4) is 0 Å². The maximum atomic E-state index is 10.7. The highest BCUT2D eigenvalue weighted by atomic mass is 35.5. The lowest BCUT2D eigenvalue weighted by atomic mass is 10.2. The maximum Gasteiger partial charge on any atom is 0.0880 e. The molecule has 1 aromatic heterocycles. The summed E-state index contributed by atoms with van der Waals surface area (Å²) in [5.74, 6) is -1.18. The molecule has 0 saturated heterocycles. The van der Waals surface area contributed by atoms with Crippen LogP contribution in [0.5, 0.6) is 0 Å². The Labute approximate surface area is 85.5 Å². The van der Waals surface area contributed by atoms with Crippen molar-refractivity contribution in [3.05, 3.63) is 35.0 Å². The van der Waals surface area contributed by atoms with Gasteiger partial charge in [-0.25, -0.2) is 0 Å². The molecule has 14 heavy (non-hydrogen) atoms. The number of hydrogen-bond donors (Lipinski definition) is 0. The fourth-order valence-electron chi connectivity index (χ4n) is 1.52. The number of carbonyl (C=O) groups is 1. The van der Waals surface area contributed by atoms with E-state index in [0.717, 1.165) is 10.9 Å². The molecule has 2 rings (SSSR count). The summed E-state index contributed by atoms with van der Waals surface area (Å²) in [7, 11) is 1.68. The van der Waals surface area contributed by atoms with Crippen LogP contribution in [-0.2, 0) is 7.05 Å². The third-order valence-corrected chi connectivity index (χ3v) is 2.45. The minimum absolute atomic E-state index is 0.155. The molecule has 0 unspecified atom stereocenters. The summed E-state index contributed by atoms with van der Waals surface area (Å²) in [5.41, 5.74) is 0.982. The average molecular weight is 209 g/mol. The molecular formula is C10H7ClNO2-. The lowest BCUT2D eigenvalue weighted by molar-refractivity contribution is -0.255. The normalized spacial score (nSPS) is 10.7. The summed E-state index contributed by atoms with van der Waals surface area (Å²) < 4.78 is 1.57. The molecular weight excluding hydrogens is 202 g/mol. The van der Waals surface area contributed by atoms with Crippen LogP contribution in [0.15, 0.2) is 24.3 Å². The number of rotatable bonds is 1. The second kappa shape index (κ2) is 3.03. The summed E-state index contributed by atoms with van der Waals surface area (Å²) in [6, 6.07) is 6.78. The molecule has 0 aliphatic rings. The Bertz CT molecular complexity index is 516. The first-order valence-electron chi connectivity index (χ1n) is 4.06. The van der Waals surface area contributed by atoms with E-state index in [1.807, 2.05) is 0 Å². The summed E-state index contributed by atoms with van der Waals surface area (Å²) in [5, 5.41) is 12.1. The SMILES string of the molecule is Cn1c(C(=O)[O-])cc2cc(Cl)ccc21. The number of aromatic carboxylic acids is 1. The van der Waals surface area contributed by atoms with Crippen LogP contribution in [0.25, 0.3) is 10.9 Å². The summed E-state index contributed by atoms with van der Waals surface area (Å²) >= 11 is 5.79. The molecule has 0 aliphatic carbocycles. The number of aromatic nitrogens is 1. The van der Waals surface area contributed by atoms with Crippen LogP contribution < -0.4 is 5.11 Å². The number of benzene rings is 1. The monoisotopic (exact) mass is 208 g/mol. The Hall–Kier alpha value is -1.48. The van der Waals surface area contributed by atoms with E-state index < -0.39 is 5.97 Å². The van der Waals surface area contributed by atoms with Gasteiger partial charge in [-0.2, -0.15) is 0 Å². The molecule has 0 aliphatic heterocycles. The second-order valence-corrected chi connectivity index (χ2v) is 3.52. The first kappa shape index (κ1) is 9.09. The summed E-state index contributed by atoms with van der Waals surface area (Å²) in [6.45, 7) is 0. The Morgan fingerprint density at radius 2 is 2.14 bits per heavy atom. The van der Waals surface area contributed by atoms with Crippen LogP contribution in [0.2, 0.25) is 5.02 Å². The Balaban J connectivity index is 2.79. The first-order chi connectivity index (χ1) is 6.59. The smallest absolute Gasteiger partial charge is 0.0880 e. The van der Waals surface area contributed by atoms with Gasteiger partial charge in [0.25, 0.3) is 0 Å². The highest BCUT2D eigenvalue weighted by molar-refractivity contribution is 6.31. The van der Waals surface area contributed by atoms with E-state index in [0.29, 0.717) is 5.02 Å². The van der Waals surface area contributed by atoms with Crippen molar-refractivity contribution in [2.24, 2.45) is 7.05 Å². The Morgan fingerprint density at radius 3 is 2.79 bits per heavy atom. The number of carboxylic acids is 1. The van der Waals surface area contributed by atoms with Gasteiger partial charge in [-0.05, 0) is 24.3 Å². The van der Waals surface area contributed by atoms with Gasteiger partial charge in [0.1, 0.15) is 0 Å². The van der Waals surface area contributed by atoms with Crippen LogP contribution >= 0.6 is 11.6 Å². The Morgan fingerprint density at radius 1 is 1.43 bits per heavy atom. The van der Waals surface area contributed by atoms with Crippen molar-refractivity contribution in [2.75, 3.05) is 0 Å². The molecule has 0 radical (unpaired) electrons. The predicted molar refractivity (Wildman–Crippen MR) is 52.3 cm³/mol. The van der Waals surface area contributed by atoms with E-state index in [1.165, 1.54) is 0 Å². The van der Waals surface area contributed by atoms with Gasteiger partial charge in [0.05, 0.1) is 11.7 Å². The molecule has 4 heteroatoms. The van der Waals surface area contributed by atoms with Crippen LogP contribution in [-0.4, -0.2) is 10.5 Å². The van der Waals surface area contributed by atoms with Crippen molar-refractivity contribution in [2.45, 2.75) is 0 Å². The number of nitrogens with zero attached hydrogens (tertiary/aromatic N) is 1. The summed E-state index contributed by atoms with van der Waals surface area (Å²) in [6.07, 6.45) is 0. The quantitative estimate of drug-likeness (QED) is 0.707. The number of halogens is 1. The van der Waals surface area contributed by atoms with Crippen LogP contribution in [0.4, 0.5) is 0 Å². The average Bonchev–Trinajstić information content (AvgIpc) is 2.43. The van der Waals surface area contributed by atoms with Gasteiger partial charge in [0, 0.05) is 23.0 Å². The summed E-state index contributed by atoms with van der Waals surface area (Å²) in [4.78, 5) is 10.7. The van der Waals surface area contributed by atoms with E-state index >= 15 is 0 Å². The maximum absolute atomic E-state index is 10.7. The van der Waals surface area contributed by atoms with Crippen molar-refractivity contribution >= 4 is 28.5 Å². The number of carboxylic acid groups (broad SMARTS) is 1. The van der Waals surface area contributed by atoms with E-state index in [4.69, 9.17) is 11.6 Å². The standard InChI is InChI=1S/C10H8ClNO2/c1-12-8-3-2-7(11)4-6(8)5-9(12)10(13)14/h2-5H,1H3,(H,13,14)/p-1. The number of carbonyl (C=O) groups excluding carboxylic acids is 1. The molecule has 0 spiro atoms. The lowest BCUT2D eigenvalue weighted by Crippen LogP contribution is -2.24. The van der Waals surface area contributed by atoms with Crippen molar-refractivity contribution in [3.8, 4) is 0 Å². The van der Waals surface area contributed by atoms with E-state index in [2.05, 4.69) is 0 Å². The molecule has 0 N–H and O–H groups in total. The van der Waals surface area contributed by atoms with E-state index in [1.54, 1.807) is 35.9 Å². The van der Waals surface area contributed by atoms with Crippen LogP contribution in [0, 0.1) is 0 Å². The second-order valence-electron chi connectivity index (χ2n) is 3.08. The topological polar surface area (TPSA) is 45.1 Å². The minimum Gasteiger partial charge on any atom is -0.543 e. The number of fused-ring (bicyclic) bond motifs is 1. The molecule has 0 atom stereocenters. The van der Waals surface area contributed by atoms with Gasteiger partial charge in [-0.3, -0.25) is 0 Å². The molecule has 72 valence electrons. The van der Waals surface area contributed by atoms with E-state index in [-0.39, 0.29) is 5.69 Å². The van der Waals surface area contributed by atoms with Gasteiger partial charge in [-0.15, -0.1) is 0 Å². The van der Waals surface area contributed by atoms with Crippen molar-refractivity contribution in [1.29, 1.82) is 0 Å². The van der Waals surface area contributed by atoms with Crippen LogP contribution in [0.1, 0.15) is 10.5 Å². The number of hydrogen-bond acceptors (Lipinski definition) is 2. The largest absolute Gasteiger partial charge is 0.543 e. The van der Waals surface area contributed by atoms with Gasteiger partial charge >= 0.3 is 0 Å². The third-order valence-electron chi connectivity index (χ3n) is 2.21. The zero-order valence-corrected chi connectivity index (χ0v) is 8.21. The molecule has 3 nitrogen and oxygen atoms in total. The van der Waals surface area contributed by atoms with Gasteiger partial charge in [-0.1, -0.05) is 11.6 Å². The van der Waals surface area contributed by atoms with Crippen molar-refractivity contribution in [1.82, 2.24) is 4.57 Å². The zero-order chi connectivity index (χ0) is 10.3. The highest BCUT2D eigenvalue weighted by Gasteiger charge is 2.05. The molecule has 1 heterocycles. The minimum atomic E-state index is -1.18. The third kappa shape index (κ3) is 1.26. The lowest BCUT2D eigenvalue weighted by Gasteiger charge is -2.03. The van der Waals surface area contributed by atoms with Crippen molar-refractivity contribution < 1.29 is 9.90 Å². The molecule has 0 fully saturated rings. The Kier molecular flexibility index (Phi) is 1.97. The van der Waals surface area contributed by atoms with Gasteiger partial charge in [0.2, 0.25) is 0 Å². The fraction of sp³-hybridized carbons (Fsp3) is 0.100.